The third-order valence-corrected chi connectivity index (χ3v) is 5.67. The first kappa shape index (κ1) is 28.0. The van der Waals surface area contributed by atoms with Crippen molar-refractivity contribution in [2.24, 2.45) is 5.84 Å². The van der Waals surface area contributed by atoms with Crippen LogP contribution in [0.1, 0.15) is 20.7 Å². The maximum Gasteiger partial charge on any atom is 1.00 e. The molecule has 1 heterocycles. The molecule has 2 aromatic carbocycles. The fourth-order valence-electron chi connectivity index (χ4n) is 2.79. The molecule has 0 saturated carbocycles. The number of rotatable bonds is 3. The standard InChI is InChI=1S/C13H11N5O9S2.K.Li/c14-10-5-1-4(28(22,23)24)2-6-9(5)7(3-8(10)29(25,26)27)12(20)18(11(6)19)17-13(21)16-15;;/h1-3H,14-15H2,(H2,16,17,21)(H,22,23,24)(H,25,26,27);;/q;2*+1/p-2. The van der Waals surface area contributed by atoms with Gasteiger partial charge in [0.25, 0.3) is 11.8 Å². The molecule has 4 amide bonds. The number of nitrogens with zero attached hydrogens (tertiary/aromatic N) is 1. The largest absolute Gasteiger partial charge is 1.00 e. The summed E-state index contributed by atoms with van der Waals surface area (Å²) in [5, 5.41) is -0.699. The number of carbonyl (C=O) groups excluding carboxylic acids is 3. The maximum absolute atomic E-state index is 12.6. The Morgan fingerprint density at radius 2 is 1.48 bits per heavy atom. The Hall–Kier alpha value is -1.08. The van der Waals surface area contributed by atoms with Gasteiger partial charge in [0.05, 0.1) is 26.6 Å². The Morgan fingerprint density at radius 1 is 0.968 bits per heavy atom. The molecule has 1 aliphatic heterocycles. The van der Waals surface area contributed by atoms with Crippen molar-refractivity contribution in [3.63, 3.8) is 0 Å². The van der Waals surface area contributed by atoms with Gasteiger partial charge in [0.15, 0.2) is 0 Å². The normalized spacial score (nSPS) is 13.3. The summed E-state index contributed by atoms with van der Waals surface area (Å²) in [5.41, 5.74) is 7.10. The molecule has 0 radical (unpaired) electrons. The number of hydrogen-bond acceptors (Lipinski definition) is 11. The van der Waals surface area contributed by atoms with Crippen molar-refractivity contribution >= 4 is 54.5 Å². The Bertz CT molecular complexity index is 1320. The predicted octanol–water partition coefficient (Wildman–Crippen LogP) is -8.08. The van der Waals surface area contributed by atoms with E-state index in [4.69, 9.17) is 11.6 Å². The molecule has 0 bridgehead atoms. The Kier molecular flexibility index (Phi) is 8.50. The number of nitrogens with one attached hydrogen (secondary N) is 2. The summed E-state index contributed by atoms with van der Waals surface area (Å²) in [6.07, 6.45) is 0. The molecule has 0 spiro atoms. The fourth-order valence-corrected chi connectivity index (χ4v) is 3.95. The van der Waals surface area contributed by atoms with Crippen molar-refractivity contribution in [1.82, 2.24) is 15.9 Å². The van der Waals surface area contributed by atoms with Crippen molar-refractivity contribution < 1.29 is 111 Å². The molecule has 0 unspecified atom stereocenters. The number of carbonyl (C=O) groups is 3. The van der Waals surface area contributed by atoms with Gasteiger partial charge in [-0.15, -0.1) is 0 Å². The zero-order valence-electron chi connectivity index (χ0n) is 15.8. The molecule has 0 aliphatic carbocycles. The number of urea groups is 1. The second-order valence-corrected chi connectivity index (χ2v) is 8.40. The monoisotopic (exact) mass is 489 g/mol. The number of nitrogens with two attached hydrogens (primary N) is 2. The van der Waals surface area contributed by atoms with Crippen molar-refractivity contribution in [3.8, 4) is 0 Å². The van der Waals surface area contributed by atoms with Crippen LogP contribution < -0.4 is 92.7 Å². The Balaban J connectivity index is 0.00000240. The minimum atomic E-state index is -5.25. The number of imide groups is 1. The number of amides is 4. The van der Waals surface area contributed by atoms with E-state index in [1.54, 1.807) is 10.9 Å². The van der Waals surface area contributed by atoms with E-state index >= 15 is 0 Å². The van der Waals surface area contributed by atoms with Gasteiger partial charge in [-0.1, -0.05) is 0 Å². The van der Waals surface area contributed by atoms with Gasteiger partial charge >= 0.3 is 76.3 Å². The number of nitrogen functional groups attached to an aromatic ring is 1. The summed E-state index contributed by atoms with van der Waals surface area (Å²) in [5.74, 6) is 2.33. The van der Waals surface area contributed by atoms with E-state index in [1.807, 2.05) is 0 Å². The molecule has 154 valence electrons. The molecule has 0 fully saturated rings. The zero-order chi connectivity index (χ0) is 21.9. The van der Waals surface area contributed by atoms with Gasteiger partial charge in [-0.05, 0) is 18.2 Å². The van der Waals surface area contributed by atoms with Crippen LogP contribution in [0.25, 0.3) is 10.8 Å². The summed E-state index contributed by atoms with van der Waals surface area (Å²) in [4.78, 5) is 34.6. The second kappa shape index (κ2) is 9.42. The van der Waals surface area contributed by atoms with E-state index in [9.17, 15) is 40.3 Å². The van der Waals surface area contributed by atoms with Gasteiger partial charge in [0.1, 0.15) is 20.2 Å². The number of hydrogen-bond donors (Lipinski definition) is 4. The fraction of sp³-hybridized carbons (Fsp3) is 0. The topological polar surface area (TPSA) is 245 Å². The van der Waals surface area contributed by atoms with Crippen LogP contribution >= 0.6 is 0 Å². The number of hydrazine groups is 2. The summed E-state index contributed by atoms with van der Waals surface area (Å²) in [6, 6.07) is 0.623. The quantitative estimate of drug-likeness (QED) is 0.0599. The Labute approximate surface area is 229 Å². The summed E-state index contributed by atoms with van der Waals surface area (Å²) < 4.78 is 68.9. The van der Waals surface area contributed by atoms with Crippen LogP contribution in [0.4, 0.5) is 10.5 Å². The van der Waals surface area contributed by atoms with Gasteiger partial charge < -0.3 is 14.8 Å². The minimum Gasteiger partial charge on any atom is -0.744 e. The molecule has 2 aromatic rings. The van der Waals surface area contributed by atoms with Crippen LogP contribution in [-0.2, 0) is 20.2 Å². The number of anilines is 1. The average Bonchev–Trinajstić information content (AvgIpc) is 2.61. The predicted molar refractivity (Wildman–Crippen MR) is 90.6 cm³/mol. The first-order chi connectivity index (χ1) is 13.3. The summed E-state index contributed by atoms with van der Waals surface area (Å²) in [7, 11) is -10.4. The van der Waals surface area contributed by atoms with Crippen LogP contribution in [0, 0.1) is 0 Å². The van der Waals surface area contributed by atoms with E-state index < -0.39 is 70.1 Å². The molecule has 1 aliphatic rings. The molecule has 0 aromatic heterocycles. The number of benzene rings is 2. The van der Waals surface area contributed by atoms with Crippen molar-refractivity contribution in [2.75, 3.05) is 5.73 Å². The van der Waals surface area contributed by atoms with Crippen molar-refractivity contribution in [2.45, 2.75) is 9.79 Å². The molecular weight excluding hydrogens is 480 g/mol. The molecular formula is C13H9KLiN5O9S2. The summed E-state index contributed by atoms with van der Waals surface area (Å²) >= 11 is 0. The van der Waals surface area contributed by atoms with Gasteiger partial charge in [-0.2, -0.15) is 5.01 Å². The average molecular weight is 489 g/mol. The van der Waals surface area contributed by atoms with E-state index in [0.29, 0.717) is 18.2 Å². The van der Waals surface area contributed by atoms with E-state index in [1.165, 1.54) is 0 Å². The van der Waals surface area contributed by atoms with Crippen LogP contribution in [0.15, 0.2) is 28.0 Å². The molecule has 18 heteroatoms. The molecule has 0 atom stereocenters. The smallest absolute Gasteiger partial charge is 0.744 e. The summed E-state index contributed by atoms with van der Waals surface area (Å²) in [6.45, 7) is 0. The van der Waals surface area contributed by atoms with E-state index in [2.05, 4.69) is 0 Å². The zero-order valence-corrected chi connectivity index (χ0v) is 20.6. The maximum atomic E-state index is 12.6. The van der Waals surface area contributed by atoms with Gasteiger partial charge in [0.2, 0.25) is 0 Å². The van der Waals surface area contributed by atoms with Crippen LogP contribution in [0.3, 0.4) is 0 Å². The third-order valence-electron chi connectivity index (χ3n) is 3.98. The first-order valence-electron chi connectivity index (χ1n) is 7.25. The SMILES string of the molecule is NNC(=O)NN1C(=O)c2cc(S(=O)(=O)[O-])cc3c(N)c(S(=O)(=O)[O-])cc(c23)C1=O.[K+].[Li+]. The molecule has 14 nitrogen and oxygen atoms in total. The second-order valence-electron chi connectivity index (χ2n) is 5.67. The van der Waals surface area contributed by atoms with Crippen LogP contribution in [0.2, 0.25) is 0 Å². The van der Waals surface area contributed by atoms with Crippen molar-refractivity contribution in [1.29, 1.82) is 0 Å². The third kappa shape index (κ3) is 4.97. The molecule has 3 rings (SSSR count). The van der Waals surface area contributed by atoms with E-state index in [-0.39, 0.29) is 80.6 Å². The van der Waals surface area contributed by atoms with Crippen molar-refractivity contribution in [3.05, 3.63) is 29.3 Å². The van der Waals surface area contributed by atoms with Crippen LogP contribution in [-0.4, -0.2) is 48.8 Å². The Morgan fingerprint density at radius 3 is 1.94 bits per heavy atom. The van der Waals surface area contributed by atoms with Gasteiger partial charge in [-0.25, -0.2) is 32.9 Å². The van der Waals surface area contributed by atoms with Gasteiger partial charge in [0, 0.05) is 10.8 Å². The molecule has 0 saturated heterocycles. The minimum absolute atomic E-state index is 0. The molecule has 6 N–H and O–H groups in total. The van der Waals surface area contributed by atoms with Crippen LogP contribution in [0.5, 0.6) is 0 Å². The first-order valence-corrected chi connectivity index (χ1v) is 10.1. The van der Waals surface area contributed by atoms with E-state index in [0.717, 1.165) is 0 Å². The molecule has 31 heavy (non-hydrogen) atoms. The van der Waals surface area contributed by atoms with Gasteiger partial charge in [-0.3, -0.25) is 15.0 Å².